The third-order valence-corrected chi connectivity index (χ3v) is 5.18. The summed E-state index contributed by atoms with van der Waals surface area (Å²) in [5.74, 6) is -0.787. The fourth-order valence-electron chi connectivity index (χ4n) is 3.64. The Morgan fingerprint density at radius 1 is 1.41 bits per heavy atom. The first-order valence-corrected chi connectivity index (χ1v) is 9.10. The van der Waals surface area contributed by atoms with Gasteiger partial charge in [0, 0.05) is 18.5 Å². The summed E-state index contributed by atoms with van der Waals surface area (Å²) in [5, 5.41) is 11.2. The number of nitrogens with one attached hydrogen (secondary N) is 1. The van der Waals surface area contributed by atoms with Gasteiger partial charge in [-0.1, -0.05) is 25.5 Å². The van der Waals surface area contributed by atoms with Crippen LogP contribution < -0.4 is 15.8 Å². The number of aliphatic carboxylic acids is 1. The Hall–Kier alpha value is -1.77. The summed E-state index contributed by atoms with van der Waals surface area (Å²) in [7, 11) is 2.14. The molecule has 1 unspecified atom stereocenters. The summed E-state index contributed by atoms with van der Waals surface area (Å²) in [6, 6.07) is 6.37. The Kier molecular flexibility index (Phi) is 9.08. The van der Waals surface area contributed by atoms with Crippen molar-refractivity contribution in [3.63, 3.8) is 0 Å². The van der Waals surface area contributed by atoms with Crippen molar-refractivity contribution >= 4 is 25.6 Å². The van der Waals surface area contributed by atoms with E-state index in [-0.39, 0.29) is 25.5 Å². The molecule has 2 atom stereocenters. The topological polar surface area (TPSA) is 105 Å². The Balaban J connectivity index is 0.00000364. The first-order chi connectivity index (χ1) is 12.4. The van der Waals surface area contributed by atoms with Gasteiger partial charge in [0.2, 0.25) is 0 Å². The molecule has 0 saturated carbocycles. The second-order valence-electron chi connectivity index (χ2n) is 7.02. The lowest BCUT2D eigenvalue weighted by Gasteiger charge is -2.35. The van der Waals surface area contributed by atoms with Crippen LogP contribution in [0.25, 0.3) is 0 Å². The molecule has 1 aliphatic rings. The van der Waals surface area contributed by atoms with E-state index in [4.69, 9.17) is 15.6 Å². The number of carbonyl (C=O) groups is 2. The van der Waals surface area contributed by atoms with Crippen molar-refractivity contribution < 1.29 is 19.4 Å². The Bertz CT molecular complexity index is 643. The van der Waals surface area contributed by atoms with E-state index in [0.717, 1.165) is 31.5 Å². The minimum Gasteiger partial charge on any atom is -0.480 e. The second kappa shape index (κ2) is 10.5. The summed E-state index contributed by atoms with van der Waals surface area (Å²) in [6.45, 7) is 4.05. The molecule has 1 aliphatic heterocycles. The molecule has 1 fully saturated rings. The molecule has 8 heteroatoms. The van der Waals surface area contributed by atoms with Gasteiger partial charge in [0.25, 0.3) is 0 Å². The Morgan fingerprint density at radius 3 is 2.78 bits per heavy atom. The van der Waals surface area contributed by atoms with E-state index in [9.17, 15) is 9.59 Å². The fourth-order valence-corrected chi connectivity index (χ4v) is 3.64. The summed E-state index contributed by atoms with van der Waals surface area (Å²) in [5.41, 5.74) is 6.52. The SMILES string of the molecule is CCC1(c2cccc(OC(=O)N[C@@H](CN)C(=O)O)c2)CCCCN(C)C1.S. The minimum absolute atomic E-state index is 0. The van der Waals surface area contributed by atoms with E-state index in [1.165, 1.54) is 12.8 Å². The van der Waals surface area contributed by atoms with E-state index >= 15 is 0 Å². The van der Waals surface area contributed by atoms with E-state index in [0.29, 0.717) is 5.75 Å². The van der Waals surface area contributed by atoms with Gasteiger partial charge in [-0.25, -0.2) is 9.59 Å². The molecule has 1 aromatic rings. The van der Waals surface area contributed by atoms with E-state index < -0.39 is 18.1 Å². The van der Waals surface area contributed by atoms with Crippen LogP contribution in [-0.4, -0.2) is 54.8 Å². The molecule has 2 rings (SSSR count). The zero-order chi connectivity index (χ0) is 19.2. The van der Waals surface area contributed by atoms with Crippen molar-refractivity contribution in [2.45, 2.75) is 44.1 Å². The van der Waals surface area contributed by atoms with Crippen molar-refractivity contribution in [3.05, 3.63) is 29.8 Å². The van der Waals surface area contributed by atoms with Crippen LogP contribution in [0.2, 0.25) is 0 Å². The van der Waals surface area contributed by atoms with E-state index in [1.54, 1.807) is 6.07 Å². The van der Waals surface area contributed by atoms with Gasteiger partial charge in [-0.2, -0.15) is 13.5 Å². The van der Waals surface area contributed by atoms with Crippen molar-refractivity contribution in [2.24, 2.45) is 5.73 Å². The maximum absolute atomic E-state index is 12.0. The van der Waals surface area contributed by atoms with Crippen LogP contribution in [-0.2, 0) is 10.2 Å². The standard InChI is InChI=1S/C19H29N3O4.H2S/c1-3-19(9-4-5-10-22(2)13-19)14-7-6-8-15(11-14)26-18(25)21-16(12-20)17(23)24;/h6-8,11,16H,3-5,9-10,12-13,20H2,1-2H3,(H,21,25)(H,23,24);1H2/t16-,19?;/m0./s1. The number of benzene rings is 1. The van der Waals surface area contributed by atoms with Gasteiger partial charge in [-0.3, -0.25) is 0 Å². The lowest BCUT2D eigenvalue weighted by atomic mass is 9.74. The first kappa shape index (κ1) is 23.3. The summed E-state index contributed by atoms with van der Waals surface area (Å²) in [6.07, 6.45) is 3.63. The van der Waals surface area contributed by atoms with Crippen LogP contribution in [0.15, 0.2) is 24.3 Å². The van der Waals surface area contributed by atoms with E-state index in [1.807, 2.05) is 12.1 Å². The van der Waals surface area contributed by atoms with Crippen molar-refractivity contribution in [3.8, 4) is 5.75 Å². The van der Waals surface area contributed by atoms with Crippen LogP contribution in [0.4, 0.5) is 4.79 Å². The number of likely N-dealkylation sites (tertiary alicyclic amines) is 1. The highest BCUT2D eigenvalue weighted by atomic mass is 32.1. The predicted molar refractivity (Wildman–Crippen MR) is 110 cm³/mol. The third kappa shape index (κ3) is 6.12. The molecule has 0 bridgehead atoms. The van der Waals surface area contributed by atoms with Gasteiger partial charge >= 0.3 is 12.1 Å². The lowest BCUT2D eigenvalue weighted by molar-refractivity contribution is -0.139. The number of hydrogen-bond donors (Lipinski definition) is 3. The number of nitrogens with two attached hydrogens (primary N) is 1. The number of carbonyl (C=O) groups excluding carboxylic acids is 1. The lowest BCUT2D eigenvalue weighted by Crippen LogP contribution is -2.46. The Labute approximate surface area is 167 Å². The molecular weight excluding hydrogens is 366 g/mol. The van der Waals surface area contributed by atoms with Crippen LogP contribution in [0.3, 0.4) is 0 Å². The largest absolute Gasteiger partial charge is 0.480 e. The molecule has 1 saturated heterocycles. The monoisotopic (exact) mass is 397 g/mol. The molecule has 0 aromatic heterocycles. The quantitative estimate of drug-likeness (QED) is 0.679. The number of carboxylic acids is 1. The van der Waals surface area contributed by atoms with Crippen LogP contribution in [0.5, 0.6) is 5.75 Å². The van der Waals surface area contributed by atoms with Crippen LogP contribution in [0.1, 0.15) is 38.2 Å². The Morgan fingerprint density at radius 2 is 2.15 bits per heavy atom. The molecule has 0 spiro atoms. The summed E-state index contributed by atoms with van der Waals surface area (Å²) < 4.78 is 5.29. The number of likely N-dealkylation sites (N-methyl/N-ethyl adjacent to an activating group) is 1. The predicted octanol–water partition coefficient (Wildman–Crippen LogP) is 2.06. The van der Waals surface area contributed by atoms with Gasteiger partial charge in [0.15, 0.2) is 0 Å². The maximum Gasteiger partial charge on any atom is 0.413 e. The molecular formula is C19H31N3O4S. The van der Waals surface area contributed by atoms with Gasteiger partial charge < -0.3 is 25.8 Å². The van der Waals surface area contributed by atoms with Crippen LogP contribution >= 0.6 is 13.5 Å². The zero-order valence-corrected chi connectivity index (χ0v) is 17.0. The highest BCUT2D eigenvalue weighted by molar-refractivity contribution is 7.59. The highest BCUT2D eigenvalue weighted by Gasteiger charge is 2.33. The maximum atomic E-state index is 12.0. The summed E-state index contributed by atoms with van der Waals surface area (Å²) in [4.78, 5) is 25.3. The van der Waals surface area contributed by atoms with Crippen LogP contribution in [0, 0.1) is 0 Å². The van der Waals surface area contributed by atoms with Crippen molar-refractivity contribution in [1.29, 1.82) is 0 Å². The number of rotatable bonds is 6. The number of hydrogen-bond acceptors (Lipinski definition) is 5. The average Bonchev–Trinajstić information content (AvgIpc) is 2.81. The van der Waals surface area contributed by atoms with Crippen molar-refractivity contribution in [2.75, 3.05) is 26.7 Å². The number of ether oxygens (including phenoxy) is 1. The highest BCUT2D eigenvalue weighted by Crippen LogP contribution is 2.37. The number of nitrogens with zero attached hydrogens (tertiary/aromatic N) is 1. The molecule has 0 radical (unpaired) electrons. The third-order valence-electron chi connectivity index (χ3n) is 5.18. The fraction of sp³-hybridized carbons (Fsp3) is 0.579. The summed E-state index contributed by atoms with van der Waals surface area (Å²) >= 11 is 0. The molecule has 1 aromatic carbocycles. The molecule has 1 heterocycles. The normalized spacial score (nSPS) is 21.4. The molecule has 1 amide bonds. The zero-order valence-electron chi connectivity index (χ0n) is 16.0. The molecule has 7 nitrogen and oxygen atoms in total. The van der Waals surface area contributed by atoms with Gasteiger partial charge in [-0.05, 0) is 50.6 Å². The molecule has 152 valence electrons. The van der Waals surface area contributed by atoms with Gasteiger partial charge in [0.05, 0.1) is 0 Å². The van der Waals surface area contributed by atoms with Crippen molar-refractivity contribution in [1.82, 2.24) is 10.2 Å². The van der Waals surface area contributed by atoms with Gasteiger partial charge in [0.1, 0.15) is 11.8 Å². The molecule has 27 heavy (non-hydrogen) atoms. The minimum atomic E-state index is -1.19. The first-order valence-electron chi connectivity index (χ1n) is 9.10. The van der Waals surface area contributed by atoms with E-state index in [2.05, 4.69) is 30.3 Å². The smallest absolute Gasteiger partial charge is 0.413 e. The van der Waals surface area contributed by atoms with Gasteiger partial charge in [-0.15, -0.1) is 0 Å². The average molecular weight is 398 g/mol. The molecule has 4 N–H and O–H groups in total. The number of carboxylic acid groups (broad SMARTS) is 1. The number of amides is 1. The molecule has 0 aliphatic carbocycles. The second-order valence-corrected chi connectivity index (χ2v) is 7.02.